The maximum absolute atomic E-state index is 13.9. The van der Waals surface area contributed by atoms with Crippen molar-refractivity contribution < 1.29 is 9.13 Å². The van der Waals surface area contributed by atoms with Gasteiger partial charge >= 0.3 is 0 Å². The number of pyridine rings is 1. The molecule has 1 heterocycles. The third-order valence-corrected chi connectivity index (χ3v) is 2.97. The highest BCUT2D eigenvalue weighted by Gasteiger charge is 2.11. The van der Waals surface area contributed by atoms with Crippen molar-refractivity contribution >= 4 is 5.69 Å². The van der Waals surface area contributed by atoms with Gasteiger partial charge in [0.1, 0.15) is 11.6 Å². The lowest BCUT2D eigenvalue weighted by atomic mass is 10.1. The van der Waals surface area contributed by atoms with Gasteiger partial charge in [-0.3, -0.25) is 4.98 Å². The number of nitrogens with zero attached hydrogens (tertiary/aromatic N) is 1. The molecule has 0 saturated carbocycles. The zero-order valence-corrected chi connectivity index (χ0v) is 11.3. The normalized spacial score (nSPS) is 12.0. The van der Waals surface area contributed by atoms with Crippen molar-refractivity contribution in [1.82, 2.24) is 4.98 Å². The lowest BCUT2D eigenvalue weighted by Gasteiger charge is -2.16. The summed E-state index contributed by atoms with van der Waals surface area (Å²) in [5, 5.41) is 3.22. The van der Waals surface area contributed by atoms with Crippen molar-refractivity contribution in [2.75, 3.05) is 12.4 Å². The molecule has 4 heteroatoms. The smallest absolute Gasteiger partial charge is 0.132 e. The number of methoxy groups -OCH3 is 1. The summed E-state index contributed by atoms with van der Waals surface area (Å²) in [7, 11) is 1.52. The Morgan fingerprint density at radius 1 is 1.26 bits per heavy atom. The maximum Gasteiger partial charge on any atom is 0.132 e. The average molecular weight is 260 g/mol. The summed E-state index contributed by atoms with van der Waals surface area (Å²) in [6, 6.07) is 8.58. The molecule has 19 heavy (non-hydrogen) atoms. The van der Waals surface area contributed by atoms with Gasteiger partial charge in [-0.2, -0.15) is 0 Å². The van der Waals surface area contributed by atoms with Crippen LogP contribution in [0.3, 0.4) is 0 Å². The molecule has 0 radical (unpaired) electrons. The van der Waals surface area contributed by atoms with Crippen LogP contribution >= 0.6 is 0 Å². The second kappa shape index (κ2) is 5.69. The predicted octanol–water partition coefficient (Wildman–Crippen LogP) is 3.71. The van der Waals surface area contributed by atoms with E-state index in [-0.39, 0.29) is 11.9 Å². The molecule has 1 atom stereocenters. The van der Waals surface area contributed by atoms with Gasteiger partial charge in [0.25, 0.3) is 0 Å². The molecule has 1 N–H and O–H groups in total. The second-order valence-electron chi connectivity index (χ2n) is 4.44. The number of aromatic nitrogens is 1. The lowest BCUT2D eigenvalue weighted by molar-refractivity contribution is 0.410. The highest BCUT2D eigenvalue weighted by molar-refractivity contribution is 5.44. The summed E-state index contributed by atoms with van der Waals surface area (Å²) in [6.07, 6.45) is 1.74. The summed E-state index contributed by atoms with van der Waals surface area (Å²) in [5.41, 5.74) is 2.42. The van der Waals surface area contributed by atoms with Gasteiger partial charge in [-0.15, -0.1) is 0 Å². The van der Waals surface area contributed by atoms with Crippen molar-refractivity contribution in [2.45, 2.75) is 19.9 Å². The Hall–Kier alpha value is -2.10. The van der Waals surface area contributed by atoms with Gasteiger partial charge in [0, 0.05) is 17.3 Å². The van der Waals surface area contributed by atoms with Gasteiger partial charge in [-0.25, -0.2) is 4.39 Å². The minimum Gasteiger partial charge on any atom is -0.497 e. The highest BCUT2D eigenvalue weighted by atomic mass is 19.1. The van der Waals surface area contributed by atoms with Crippen molar-refractivity contribution in [3.63, 3.8) is 0 Å². The molecular formula is C15H17FN2O. The van der Waals surface area contributed by atoms with Crippen LogP contribution in [0.5, 0.6) is 5.75 Å². The molecule has 2 aromatic rings. The molecule has 1 aromatic carbocycles. The minimum absolute atomic E-state index is 0.143. The molecular weight excluding hydrogens is 243 g/mol. The van der Waals surface area contributed by atoms with Gasteiger partial charge in [-0.1, -0.05) is 6.07 Å². The Balaban J connectivity index is 2.15. The largest absolute Gasteiger partial charge is 0.497 e. The number of rotatable bonds is 4. The first-order valence-corrected chi connectivity index (χ1v) is 6.13. The van der Waals surface area contributed by atoms with E-state index in [9.17, 15) is 4.39 Å². The fourth-order valence-corrected chi connectivity index (χ4v) is 1.87. The van der Waals surface area contributed by atoms with Crippen molar-refractivity contribution in [3.8, 4) is 5.75 Å². The van der Waals surface area contributed by atoms with Gasteiger partial charge in [0.15, 0.2) is 0 Å². The molecule has 100 valence electrons. The fourth-order valence-electron chi connectivity index (χ4n) is 1.87. The van der Waals surface area contributed by atoms with E-state index in [1.165, 1.54) is 13.2 Å². The van der Waals surface area contributed by atoms with E-state index >= 15 is 0 Å². The van der Waals surface area contributed by atoms with Gasteiger partial charge < -0.3 is 10.1 Å². The topological polar surface area (TPSA) is 34.1 Å². The molecule has 0 aliphatic carbocycles. The molecule has 1 unspecified atom stereocenters. The average Bonchev–Trinajstić information content (AvgIpc) is 2.41. The quantitative estimate of drug-likeness (QED) is 0.910. The Labute approximate surface area is 112 Å². The van der Waals surface area contributed by atoms with E-state index in [1.807, 2.05) is 26.0 Å². The Kier molecular flexibility index (Phi) is 4.00. The van der Waals surface area contributed by atoms with Gasteiger partial charge in [0.2, 0.25) is 0 Å². The monoisotopic (exact) mass is 260 g/mol. The summed E-state index contributed by atoms with van der Waals surface area (Å²) in [6.45, 7) is 3.83. The van der Waals surface area contributed by atoms with Crippen molar-refractivity contribution in [1.29, 1.82) is 0 Å². The van der Waals surface area contributed by atoms with Crippen LogP contribution in [0.2, 0.25) is 0 Å². The van der Waals surface area contributed by atoms with E-state index in [0.717, 1.165) is 11.4 Å². The zero-order chi connectivity index (χ0) is 13.8. The van der Waals surface area contributed by atoms with Gasteiger partial charge in [0.05, 0.1) is 25.0 Å². The Bertz CT molecular complexity index is 555. The lowest BCUT2D eigenvalue weighted by Crippen LogP contribution is -2.09. The third kappa shape index (κ3) is 3.22. The third-order valence-electron chi connectivity index (χ3n) is 2.97. The molecule has 1 aromatic heterocycles. The van der Waals surface area contributed by atoms with Crippen LogP contribution < -0.4 is 10.1 Å². The van der Waals surface area contributed by atoms with E-state index in [1.54, 1.807) is 18.3 Å². The maximum atomic E-state index is 13.9. The fraction of sp³-hybridized carbons (Fsp3) is 0.267. The Morgan fingerprint density at radius 3 is 2.63 bits per heavy atom. The number of hydrogen-bond acceptors (Lipinski definition) is 3. The molecule has 0 bridgehead atoms. The van der Waals surface area contributed by atoms with Crippen LogP contribution in [0.4, 0.5) is 10.1 Å². The van der Waals surface area contributed by atoms with Crippen LogP contribution in [0.1, 0.15) is 24.2 Å². The van der Waals surface area contributed by atoms with E-state index in [4.69, 9.17) is 4.74 Å². The first kappa shape index (κ1) is 13.3. The second-order valence-corrected chi connectivity index (χ2v) is 4.44. The first-order valence-electron chi connectivity index (χ1n) is 6.13. The number of benzene rings is 1. The van der Waals surface area contributed by atoms with Crippen LogP contribution in [-0.4, -0.2) is 12.1 Å². The predicted molar refractivity (Wildman–Crippen MR) is 74.0 cm³/mol. The van der Waals surface area contributed by atoms with Crippen LogP contribution in [0.15, 0.2) is 36.5 Å². The summed E-state index contributed by atoms with van der Waals surface area (Å²) in [4.78, 5) is 4.20. The van der Waals surface area contributed by atoms with Crippen LogP contribution in [0.25, 0.3) is 0 Å². The van der Waals surface area contributed by atoms with Crippen LogP contribution in [-0.2, 0) is 0 Å². The summed E-state index contributed by atoms with van der Waals surface area (Å²) < 4.78 is 18.9. The molecule has 0 spiro atoms. The zero-order valence-electron chi connectivity index (χ0n) is 11.3. The number of nitrogens with one attached hydrogen (secondary N) is 1. The molecule has 3 nitrogen and oxygen atoms in total. The standard InChI is InChI=1S/C15H17FN2O/c1-10-4-5-12(9-17-10)18-11(2)14-7-6-13(19-3)8-15(14)16/h4-9,11,18H,1-3H3. The van der Waals surface area contributed by atoms with E-state index in [0.29, 0.717) is 11.3 Å². The highest BCUT2D eigenvalue weighted by Crippen LogP contribution is 2.24. The van der Waals surface area contributed by atoms with Crippen molar-refractivity contribution in [3.05, 3.63) is 53.6 Å². The number of ether oxygens (including phenoxy) is 1. The summed E-state index contributed by atoms with van der Waals surface area (Å²) in [5.74, 6) is 0.241. The Morgan fingerprint density at radius 2 is 2.05 bits per heavy atom. The van der Waals surface area contributed by atoms with Crippen LogP contribution in [0, 0.1) is 12.7 Å². The van der Waals surface area contributed by atoms with E-state index in [2.05, 4.69) is 10.3 Å². The first-order chi connectivity index (χ1) is 9.10. The molecule has 0 aliphatic heterocycles. The molecule has 0 fully saturated rings. The summed E-state index contributed by atoms with van der Waals surface area (Å²) >= 11 is 0. The number of aryl methyl sites for hydroxylation is 1. The van der Waals surface area contributed by atoms with E-state index < -0.39 is 0 Å². The number of hydrogen-bond donors (Lipinski definition) is 1. The van der Waals surface area contributed by atoms with Crippen molar-refractivity contribution in [2.24, 2.45) is 0 Å². The minimum atomic E-state index is -0.278. The molecule has 0 aliphatic rings. The van der Waals surface area contributed by atoms with Gasteiger partial charge in [-0.05, 0) is 32.0 Å². The number of halogens is 1. The molecule has 0 saturated heterocycles. The number of anilines is 1. The molecule has 0 amide bonds. The molecule has 2 rings (SSSR count). The SMILES string of the molecule is COc1ccc(C(C)Nc2ccc(C)nc2)c(F)c1.